The molecule has 2 heterocycles. The van der Waals surface area contributed by atoms with E-state index in [1.54, 1.807) is 4.88 Å². The van der Waals surface area contributed by atoms with Crippen molar-refractivity contribution in [3.63, 3.8) is 0 Å². The van der Waals surface area contributed by atoms with E-state index < -0.39 is 0 Å². The summed E-state index contributed by atoms with van der Waals surface area (Å²) in [6, 6.07) is 4.55. The molecule has 100 valence electrons. The number of hydrogen-bond donors (Lipinski definition) is 0. The van der Waals surface area contributed by atoms with Crippen LogP contribution < -0.4 is 0 Å². The zero-order valence-electron chi connectivity index (χ0n) is 11.5. The van der Waals surface area contributed by atoms with E-state index in [2.05, 4.69) is 29.3 Å². The van der Waals surface area contributed by atoms with Gasteiger partial charge in [0.05, 0.1) is 0 Å². The van der Waals surface area contributed by atoms with E-state index in [9.17, 15) is 0 Å². The maximum Gasteiger partial charge on any atom is 0.0104 e. The van der Waals surface area contributed by atoms with Crippen molar-refractivity contribution in [1.29, 1.82) is 0 Å². The molecule has 1 nitrogen and oxygen atoms in total. The summed E-state index contributed by atoms with van der Waals surface area (Å²) in [6.07, 6.45) is 8.54. The first-order valence-electron chi connectivity index (χ1n) is 7.53. The van der Waals surface area contributed by atoms with Gasteiger partial charge in [-0.05, 0) is 62.6 Å². The predicted molar refractivity (Wildman–Crippen MR) is 79.3 cm³/mol. The molecule has 1 saturated carbocycles. The molecule has 0 amide bonds. The van der Waals surface area contributed by atoms with Gasteiger partial charge in [0.1, 0.15) is 0 Å². The van der Waals surface area contributed by atoms with Gasteiger partial charge in [-0.15, -0.1) is 11.3 Å². The molecule has 18 heavy (non-hydrogen) atoms. The van der Waals surface area contributed by atoms with Crippen LogP contribution in [0.15, 0.2) is 17.5 Å². The fourth-order valence-electron chi connectivity index (χ4n) is 3.87. The summed E-state index contributed by atoms with van der Waals surface area (Å²) in [6.45, 7) is 6.55. The molecule has 0 radical (unpaired) electrons. The molecular weight excluding hydrogens is 238 g/mol. The normalized spacial score (nSPS) is 33.9. The van der Waals surface area contributed by atoms with Gasteiger partial charge in [-0.3, -0.25) is 0 Å². The van der Waals surface area contributed by atoms with Crippen molar-refractivity contribution < 1.29 is 0 Å². The number of thiophene rings is 1. The number of hydrogen-bond acceptors (Lipinski definition) is 2. The van der Waals surface area contributed by atoms with Gasteiger partial charge in [0.15, 0.2) is 0 Å². The van der Waals surface area contributed by atoms with Crippen LogP contribution in [0.1, 0.15) is 50.3 Å². The second-order valence-electron chi connectivity index (χ2n) is 6.51. The molecule has 3 rings (SSSR count). The Balaban J connectivity index is 1.58. The van der Waals surface area contributed by atoms with Crippen molar-refractivity contribution >= 4 is 11.3 Å². The lowest BCUT2D eigenvalue weighted by Gasteiger charge is -2.30. The van der Waals surface area contributed by atoms with E-state index in [-0.39, 0.29) is 0 Å². The minimum absolute atomic E-state index is 0.481. The topological polar surface area (TPSA) is 3.24 Å². The third-order valence-electron chi connectivity index (χ3n) is 4.92. The number of rotatable bonds is 3. The van der Waals surface area contributed by atoms with E-state index in [0.29, 0.717) is 5.41 Å². The molecule has 0 spiro atoms. The first-order valence-corrected chi connectivity index (χ1v) is 8.41. The van der Waals surface area contributed by atoms with Crippen LogP contribution in [0.4, 0.5) is 0 Å². The van der Waals surface area contributed by atoms with Crippen molar-refractivity contribution in [1.82, 2.24) is 4.90 Å². The molecule has 1 aliphatic heterocycles. The smallest absolute Gasteiger partial charge is 0.0104 e. The Hall–Kier alpha value is -0.340. The maximum atomic E-state index is 2.72. The third kappa shape index (κ3) is 2.65. The summed E-state index contributed by atoms with van der Waals surface area (Å²) in [5.74, 6) is 0.940. The number of likely N-dealkylation sites (tertiary alicyclic amines) is 1. The van der Waals surface area contributed by atoms with Crippen LogP contribution in [0.5, 0.6) is 0 Å². The first-order chi connectivity index (χ1) is 8.76. The van der Waals surface area contributed by atoms with Gasteiger partial charge in [0, 0.05) is 16.8 Å². The molecular formula is C16H25NS. The average molecular weight is 263 g/mol. The summed E-state index contributed by atoms with van der Waals surface area (Å²) >= 11 is 1.95. The highest BCUT2D eigenvalue weighted by molar-refractivity contribution is 7.10. The van der Waals surface area contributed by atoms with Crippen LogP contribution in [0.3, 0.4) is 0 Å². The van der Waals surface area contributed by atoms with Gasteiger partial charge < -0.3 is 4.90 Å². The zero-order valence-corrected chi connectivity index (χ0v) is 12.3. The van der Waals surface area contributed by atoms with Crippen molar-refractivity contribution in [2.24, 2.45) is 5.92 Å². The molecule has 2 fully saturated rings. The lowest BCUT2D eigenvalue weighted by Crippen LogP contribution is -2.34. The summed E-state index contributed by atoms with van der Waals surface area (Å²) in [4.78, 5) is 4.33. The van der Waals surface area contributed by atoms with Crippen LogP contribution in [0.2, 0.25) is 0 Å². The van der Waals surface area contributed by atoms with Gasteiger partial charge >= 0.3 is 0 Å². The minimum atomic E-state index is 0.481. The standard InChI is InChI=1S/C16H25NS/c1-16(15-6-5-11-18-15)8-7-14(12-16)13-17-9-3-2-4-10-17/h5-6,11,14H,2-4,7-10,12-13H2,1H3. The molecule has 1 saturated heterocycles. The molecule has 1 aromatic rings. The Labute approximate surface area is 115 Å². The molecule has 2 aliphatic rings. The second kappa shape index (κ2) is 5.34. The molecule has 0 bridgehead atoms. The third-order valence-corrected chi connectivity index (χ3v) is 6.10. The average Bonchev–Trinajstić information content (AvgIpc) is 3.01. The highest BCUT2D eigenvalue weighted by atomic mass is 32.1. The Bertz CT molecular complexity index is 366. The van der Waals surface area contributed by atoms with Gasteiger partial charge in [-0.2, -0.15) is 0 Å². The molecule has 1 aliphatic carbocycles. The first kappa shape index (κ1) is 12.7. The Morgan fingerprint density at radius 2 is 2.17 bits per heavy atom. The van der Waals surface area contributed by atoms with Crippen molar-refractivity contribution in [2.75, 3.05) is 19.6 Å². The SMILES string of the molecule is CC1(c2cccs2)CCC(CN2CCCCC2)C1. The van der Waals surface area contributed by atoms with E-state index in [4.69, 9.17) is 0 Å². The Morgan fingerprint density at radius 3 is 2.89 bits per heavy atom. The fourth-order valence-corrected chi connectivity index (χ4v) is 4.80. The summed E-state index contributed by atoms with van der Waals surface area (Å²) in [7, 11) is 0. The van der Waals surface area contributed by atoms with E-state index in [1.165, 1.54) is 58.2 Å². The van der Waals surface area contributed by atoms with Crippen molar-refractivity contribution in [2.45, 2.75) is 50.9 Å². The highest BCUT2D eigenvalue weighted by Crippen LogP contribution is 2.45. The molecule has 0 aromatic carbocycles. The largest absolute Gasteiger partial charge is 0.303 e. The summed E-state index contributed by atoms with van der Waals surface area (Å²) in [5.41, 5.74) is 0.481. The number of nitrogens with zero attached hydrogens (tertiary/aromatic N) is 1. The molecule has 2 unspecified atom stereocenters. The Kier molecular flexibility index (Phi) is 3.76. The molecule has 2 heteroatoms. The quantitative estimate of drug-likeness (QED) is 0.786. The van der Waals surface area contributed by atoms with Gasteiger partial charge in [-0.1, -0.05) is 19.4 Å². The highest BCUT2D eigenvalue weighted by Gasteiger charge is 2.37. The lowest BCUT2D eigenvalue weighted by atomic mass is 9.86. The lowest BCUT2D eigenvalue weighted by molar-refractivity contribution is 0.194. The zero-order chi connectivity index (χ0) is 12.4. The Morgan fingerprint density at radius 1 is 1.33 bits per heavy atom. The number of piperidine rings is 1. The second-order valence-corrected chi connectivity index (χ2v) is 7.46. The van der Waals surface area contributed by atoms with E-state index in [1.807, 2.05) is 11.3 Å². The van der Waals surface area contributed by atoms with Crippen molar-refractivity contribution in [3.05, 3.63) is 22.4 Å². The molecule has 2 atom stereocenters. The molecule has 1 aromatic heterocycles. The van der Waals surface area contributed by atoms with Crippen LogP contribution >= 0.6 is 11.3 Å². The van der Waals surface area contributed by atoms with E-state index >= 15 is 0 Å². The van der Waals surface area contributed by atoms with Gasteiger partial charge in [0.2, 0.25) is 0 Å². The molecule has 0 N–H and O–H groups in total. The van der Waals surface area contributed by atoms with Crippen LogP contribution in [-0.2, 0) is 5.41 Å². The maximum absolute atomic E-state index is 2.72. The summed E-state index contributed by atoms with van der Waals surface area (Å²) < 4.78 is 0. The summed E-state index contributed by atoms with van der Waals surface area (Å²) in [5, 5.41) is 2.23. The minimum Gasteiger partial charge on any atom is -0.303 e. The monoisotopic (exact) mass is 263 g/mol. The van der Waals surface area contributed by atoms with Crippen LogP contribution in [-0.4, -0.2) is 24.5 Å². The predicted octanol–water partition coefficient (Wildman–Crippen LogP) is 4.29. The van der Waals surface area contributed by atoms with Gasteiger partial charge in [-0.25, -0.2) is 0 Å². The van der Waals surface area contributed by atoms with E-state index in [0.717, 1.165) is 5.92 Å². The van der Waals surface area contributed by atoms with Crippen molar-refractivity contribution in [3.8, 4) is 0 Å². The van der Waals surface area contributed by atoms with Crippen LogP contribution in [0.25, 0.3) is 0 Å². The van der Waals surface area contributed by atoms with Crippen LogP contribution in [0, 0.1) is 5.92 Å². The van der Waals surface area contributed by atoms with Gasteiger partial charge in [0.25, 0.3) is 0 Å². The fraction of sp³-hybridized carbons (Fsp3) is 0.750.